The Labute approximate surface area is 89.7 Å². The fourth-order valence-corrected chi connectivity index (χ4v) is 1.90. The Kier molecular flexibility index (Phi) is 2.73. The summed E-state index contributed by atoms with van der Waals surface area (Å²) in [4.78, 5) is 13.2. The topological polar surface area (TPSA) is 29.5 Å². The molecule has 1 amide bonds. The maximum absolute atomic E-state index is 11.5. The molecule has 0 N–H and O–H groups in total. The van der Waals surface area contributed by atoms with Crippen molar-refractivity contribution < 1.29 is 9.53 Å². The van der Waals surface area contributed by atoms with Crippen molar-refractivity contribution in [3.63, 3.8) is 0 Å². The summed E-state index contributed by atoms with van der Waals surface area (Å²) in [5, 5.41) is 0. The first-order chi connectivity index (χ1) is 7.20. The second-order valence-corrected chi connectivity index (χ2v) is 3.96. The van der Waals surface area contributed by atoms with E-state index in [0.29, 0.717) is 19.6 Å². The van der Waals surface area contributed by atoms with E-state index in [1.807, 2.05) is 19.2 Å². The van der Waals surface area contributed by atoms with Crippen LogP contribution in [-0.4, -0.2) is 25.0 Å². The van der Waals surface area contributed by atoms with E-state index in [-0.39, 0.29) is 5.91 Å². The van der Waals surface area contributed by atoms with Crippen molar-refractivity contribution in [2.75, 3.05) is 14.2 Å². The number of methoxy groups -OCH3 is 1. The van der Waals surface area contributed by atoms with Crippen LogP contribution in [0.3, 0.4) is 0 Å². The van der Waals surface area contributed by atoms with Gasteiger partial charge >= 0.3 is 0 Å². The predicted molar refractivity (Wildman–Crippen MR) is 57.3 cm³/mol. The number of ether oxygens (including phenoxy) is 1. The highest BCUT2D eigenvalue weighted by atomic mass is 16.5. The molecule has 1 aromatic carbocycles. The number of amides is 1. The van der Waals surface area contributed by atoms with Crippen molar-refractivity contribution in [2.24, 2.45) is 0 Å². The number of carbonyl (C=O) groups is 1. The van der Waals surface area contributed by atoms with Crippen LogP contribution in [0.1, 0.15) is 16.7 Å². The van der Waals surface area contributed by atoms with E-state index < -0.39 is 0 Å². The van der Waals surface area contributed by atoms with Crippen LogP contribution in [0.25, 0.3) is 0 Å². The van der Waals surface area contributed by atoms with Crippen molar-refractivity contribution in [3.05, 3.63) is 34.9 Å². The molecule has 0 aliphatic carbocycles. The van der Waals surface area contributed by atoms with Crippen LogP contribution in [0.15, 0.2) is 18.2 Å². The Hall–Kier alpha value is -1.35. The van der Waals surface area contributed by atoms with E-state index in [0.717, 1.165) is 5.56 Å². The summed E-state index contributed by atoms with van der Waals surface area (Å²) < 4.78 is 5.09. The molecule has 0 radical (unpaired) electrons. The molecule has 80 valence electrons. The Bertz CT molecular complexity index is 387. The molecule has 0 fully saturated rings. The van der Waals surface area contributed by atoms with Crippen LogP contribution < -0.4 is 0 Å². The number of carbonyl (C=O) groups excluding carboxylic acids is 1. The third-order valence-corrected chi connectivity index (χ3v) is 2.76. The molecule has 1 aliphatic rings. The molecule has 1 heterocycles. The van der Waals surface area contributed by atoms with Crippen LogP contribution in [-0.2, 0) is 29.1 Å². The minimum atomic E-state index is 0.196. The molecule has 15 heavy (non-hydrogen) atoms. The van der Waals surface area contributed by atoms with Crippen LogP contribution in [0.4, 0.5) is 0 Å². The minimum absolute atomic E-state index is 0.196. The lowest BCUT2D eigenvalue weighted by molar-refractivity contribution is -0.130. The molecule has 1 aromatic rings. The zero-order valence-corrected chi connectivity index (χ0v) is 9.12. The molecule has 0 aromatic heterocycles. The van der Waals surface area contributed by atoms with E-state index in [9.17, 15) is 4.79 Å². The molecule has 2 rings (SSSR count). The van der Waals surface area contributed by atoms with E-state index in [4.69, 9.17) is 4.74 Å². The highest BCUT2D eigenvalue weighted by Crippen LogP contribution is 2.20. The van der Waals surface area contributed by atoms with Crippen molar-refractivity contribution >= 4 is 5.91 Å². The minimum Gasteiger partial charge on any atom is -0.380 e. The highest BCUT2D eigenvalue weighted by Gasteiger charge is 2.19. The lowest BCUT2D eigenvalue weighted by Gasteiger charge is -2.25. The number of fused-ring (bicyclic) bond motifs is 1. The molecule has 0 atom stereocenters. The SMILES string of the molecule is COCc1ccc2c(c1)CN(C)C(=O)C2. The zero-order chi connectivity index (χ0) is 10.8. The largest absolute Gasteiger partial charge is 0.380 e. The predicted octanol–water partition coefficient (Wildman–Crippen LogP) is 1.35. The number of nitrogens with zero attached hydrogens (tertiary/aromatic N) is 1. The molecule has 3 nitrogen and oxygen atoms in total. The smallest absolute Gasteiger partial charge is 0.227 e. The number of likely N-dealkylation sites (N-methyl/N-ethyl adjacent to an activating group) is 1. The Morgan fingerprint density at radius 1 is 1.40 bits per heavy atom. The van der Waals surface area contributed by atoms with Gasteiger partial charge in [-0.2, -0.15) is 0 Å². The summed E-state index contributed by atoms with van der Waals surface area (Å²) in [6, 6.07) is 6.19. The maximum Gasteiger partial charge on any atom is 0.227 e. The summed E-state index contributed by atoms with van der Waals surface area (Å²) in [5.74, 6) is 0.196. The second kappa shape index (κ2) is 4.03. The summed E-state index contributed by atoms with van der Waals surface area (Å²) in [6.45, 7) is 1.34. The molecular formula is C12H15NO2. The maximum atomic E-state index is 11.5. The van der Waals surface area contributed by atoms with E-state index >= 15 is 0 Å². The normalized spacial score (nSPS) is 15.3. The highest BCUT2D eigenvalue weighted by molar-refractivity contribution is 5.80. The van der Waals surface area contributed by atoms with E-state index in [2.05, 4.69) is 6.07 Å². The van der Waals surface area contributed by atoms with Gasteiger partial charge in [-0.15, -0.1) is 0 Å². The first-order valence-corrected chi connectivity index (χ1v) is 5.04. The van der Waals surface area contributed by atoms with Gasteiger partial charge in [0, 0.05) is 20.7 Å². The first kappa shape index (κ1) is 10.2. The molecule has 0 spiro atoms. The molecule has 3 heteroatoms. The summed E-state index contributed by atoms with van der Waals surface area (Å²) in [6.07, 6.45) is 0.527. The quantitative estimate of drug-likeness (QED) is 0.729. The Balaban J connectivity index is 2.29. The van der Waals surface area contributed by atoms with Crippen LogP contribution in [0.2, 0.25) is 0 Å². The van der Waals surface area contributed by atoms with Gasteiger partial charge in [-0.25, -0.2) is 0 Å². The number of hydrogen-bond acceptors (Lipinski definition) is 2. The second-order valence-electron chi connectivity index (χ2n) is 3.96. The molecule has 0 unspecified atom stereocenters. The fraction of sp³-hybridized carbons (Fsp3) is 0.417. The zero-order valence-electron chi connectivity index (χ0n) is 9.12. The number of rotatable bonds is 2. The van der Waals surface area contributed by atoms with Gasteiger partial charge in [-0.3, -0.25) is 4.79 Å². The fourth-order valence-electron chi connectivity index (χ4n) is 1.90. The third-order valence-electron chi connectivity index (χ3n) is 2.76. The third kappa shape index (κ3) is 2.02. The van der Waals surface area contributed by atoms with Gasteiger partial charge in [0.15, 0.2) is 0 Å². The van der Waals surface area contributed by atoms with Crippen LogP contribution in [0.5, 0.6) is 0 Å². The van der Waals surface area contributed by atoms with Gasteiger partial charge in [0.1, 0.15) is 0 Å². The monoisotopic (exact) mass is 205 g/mol. The van der Waals surface area contributed by atoms with Crippen molar-refractivity contribution in [1.82, 2.24) is 4.90 Å². The van der Waals surface area contributed by atoms with E-state index in [1.165, 1.54) is 11.1 Å². The van der Waals surface area contributed by atoms with Crippen LogP contribution >= 0.6 is 0 Å². The summed E-state index contributed by atoms with van der Waals surface area (Å²) >= 11 is 0. The van der Waals surface area contributed by atoms with Gasteiger partial charge in [-0.1, -0.05) is 18.2 Å². The number of hydrogen-bond donors (Lipinski definition) is 0. The molecule has 0 saturated heterocycles. The summed E-state index contributed by atoms with van der Waals surface area (Å²) in [7, 11) is 3.53. The van der Waals surface area contributed by atoms with Crippen LogP contribution in [0, 0.1) is 0 Å². The van der Waals surface area contributed by atoms with Gasteiger partial charge in [0.05, 0.1) is 13.0 Å². The molecule has 1 aliphatic heterocycles. The average molecular weight is 205 g/mol. The molecule has 0 bridgehead atoms. The molecule has 0 saturated carbocycles. The van der Waals surface area contributed by atoms with Crippen molar-refractivity contribution in [2.45, 2.75) is 19.6 Å². The van der Waals surface area contributed by atoms with Gasteiger partial charge < -0.3 is 9.64 Å². The standard InChI is InChI=1S/C12H15NO2/c1-13-7-11-5-9(8-15-2)3-4-10(11)6-12(13)14/h3-5H,6-8H2,1-2H3. The van der Waals surface area contributed by atoms with Crippen molar-refractivity contribution in [1.29, 1.82) is 0 Å². The number of benzene rings is 1. The Morgan fingerprint density at radius 2 is 2.20 bits per heavy atom. The van der Waals surface area contributed by atoms with E-state index in [1.54, 1.807) is 12.0 Å². The first-order valence-electron chi connectivity index (χ1n) is 5.04. The molecular weight excluding hydrogens is 190 g/mol. The van der Waals surface area contributed by atoms with Crippen molar-refractivity contribution in [3.8, 4) is 0 Å². The van der Waals surface area contributed by atoms with Gasteiger partial charge in [-0.05, 0) is 16.7 Å². The average Bonchev–Trinajstić information content (AvgIpc) is 2.21. The summed E-state index contributed by atoms with van der Waals surface area (Å²) in [5.41, 5.74) is 3.56. The lowest BCUT2D eigenvalue weighted by atomic mass is 9.97. The Morgan fingerprint density at radius 3 is 2.93 bits per heavy atom. The van der Waals surface area contributed by atoms with Gasteiger partial charge in [0.2, 0.25) is 5.91 Å². The lowest BCUT2D eigenvalue weighted by Crippen LogP contribution is -2.32. The van der Waals surface area contributed by atoms with Gasteiger partial charge in [0.25, 0.3) is 0 Å².